The standard InChI is InChI=1S/C8H12F3NO3/c1-2-3-5(7(14)15)12-6(13)4-8(9,10)11/h5H,2-4H2,1H3,(H,12,13)(H,14,15)/t5-/m0/s1. The van der Waals surface area contributed by atoms with E-state index in [9.17, 15) is 22.8 Å². The van der Waals surface area contributed by atoms with Crippen LogP contribution in [0.5, 0.6) is 0 Å². The number of aliphatic carboxylic acids is 1. The quantitative estimate of drug-likeness (QED) is 0.744. The van der Waals surface area contributed by atoms with Gasteiger partial charge in [0.1, 0.15) is 12.5 Å². The number of hydrogen-bond acceptors (Lipinski definition) is 2. The second-order valence-electron chi connectivity index (χ2n) is 3.04. The summed E-state index contributed by atoms with van der Waals surface area (Å²) in [7, 11) is 0. The van der Waals surface area contributed by atoms with Gasteiger partial charge < -0.3 is 10.4 Å². The molecule has 0 aromatic heterocycles. The molecular weight excluding hydrogens is 215 g/mol. The number of halogens is 3. The van der Waals surface area contributed by atoms with Crippen LogP contribution in [0.4, 0.5) is 13.2 Å². The molecule has 7 heteroatoms. The maximum absolute atomic E-state index is 11.7. The average molecular weight is 227 g/mol. The molecule has 4 nitrogen and oxygen atoms in total. The van der Waals surface area contributed by atoms with E-state index in [1.54, 1.807) is 6.92 Å². The highest BCUT2D eigenvalue weighted by molar-refractivity contribution is 5.83. The Morgan fingerprint density at radius 1 is 1.40 bits per heavy atom. The lowest BCUT2D eigenvalue weighted by Crippen LogP contribution is -2.42. The van der Waals surface area contributed by atoms with Gasteiger partial charge in [0.05, 0.1) is 0 Å². The van der Waals surface area contributed by atoms with E-state index in [2.05, 4.69) is 0 Å². The van der Waals surface area contributed by atoms with Crippen molar-refractivity contribution < 1.29 is 27.9 Å². The molecule has 15 heavy (non-hydrogen) atoms. The maximum Gasteiger partial charge on any atom is 0.397 e. The third-order valence-electron chi connectivity index (χ3n) is 1.57. The fraction of sp³-hybridized carbons (Fsp3) is 0.750. The van der Waals surface area contributed by atoms with Crippen LogP contribution in [0.2, 0.25) is 0 Å². The highest BCUT2D eigenvalue weighted by Gasteiger charge is 2.32. The monoisotopic (exact) mass is 227 g/mol. The lowest BCUT2D eigenvalue weighted by Gasteiger charge is -2.14. The van der Waals surface area contributed by atoms with Gasteiger partial charge in [0, 0.05) is 0 Å². The van der Waals surface area contributed by atoms with Crippen LogP contribution in [0.15, 0.2) is 0 Å². The van der Waals surface area contributed by atoms with Crippen molar-refractivity contribution in [2.45, 2.75) is 38.4 Å². The minimum atomic E-state index is -4.61. The fourth-order valence-corrected chi connectivity index (χ4v) is 0.973. The molecule has 0 bridgehead atoms. The van der Waals surface area contributed by atoms with Crippen molar-refractivity contribution in [3.8, 4) is 0 Å². The molecule has 0 saturated heterocycles. The first-order valence-electron chi connectivity index (χ1n) is 4.35. The zero-order valence-corrected chi connectivity index (χ0v) is 8.10. The summed E-state index contributed by atoms with van der Waals surface area (Å²) in [6.45, 7) is 1.67. The third-order valence-corrected chi connectivity index (χ3v) is 1.57. The van der Waals surface area contributed by atoms with Gasteiger partial charge in [-0.15, -0.1) is 0 Å². The number of carboxylic acids is 1. The number of carbonyl (C=O) groups excluding carboxylic acids is 1. The molecule has 0 aromatic rings. The van der Waals surface area contributed by atoms with E-state index in [4.69, 9.17) is 5.11 Å². The smallest absolute Gasteiger partial charge is 0.397 e. The Morgan fingerprint density at radius 2 is 1.93 bits per heavy atom. The molecule has 0 radical (unpaired) electrons. The van der Waals surface area contributed by atoms with Crippen molar-refractivity contribution in [3.63, 3.8) is 0 Å². The number of carbonyl (C=O) groups is 2. The van der Waals surface area contributed by atoms with Gasteiger partial charge >= 0.3 is 12.1 Å². The van der Waals surface area contributed by atoms with Gasteiger partial charge in [-0.05, 0) is 6.42 Å². The number of carboxylic acid groups (broad SMARTS) is 1. The van der Waals surface area contributed by atoms with Gasteiger partial charge in [-0.2, -0.15) is 13.2 Å². The van der Waals surface area contributed by atoms with Crippen LogP contribution < -0.4 is 5.32 Å². The second kappa shape index (κ2) is 5.57. The van der Waals surface area contributed by atoms with Gasteiger partial charge in [-0.1, -0.05) is 13.3 Å². The van der Waals surface area contributed by atoms with Crippen molar-refractivity contribution in [2.24, 2.45) is 0 Å². The van der Waals surface area contributed by atoms with E-state index in [1.807, 2.05) is 5.32 Å². The summed E-state index contributed by atoms with van der Waals surface area (Å²) >= 11 is 0. The first-order chi connectivity index (χ1) is 6.76. The molecule has 88 valence electrons. The van der Waals surface area contributed by atoms with Crippen LogP contribution in [0, 0.1) is 0 Å². The molecule has 0 spiro atoms. The van der Waals surface area contributed by atoms with Gasteiger partial charge in [-0.25, -0.2) is 4.79 Å². The van der Waals surface area contributed by atoms with Gasteiger partial charge in [-0.3, -0.25) is 4.79 Å². The van der Waals surface area contributed by atoms with Crippen molar-refractivity contribution in [1.82, 2.24) is 5.32 Å². The van der Waals surface area contributed by atoms with Gasteiger partial charge in [0.15, 0.2) is 0 Å². The van der Waals surface area contributed by atoms with Crippen LogP contribution in [-0.2, 0) is 9.59 Å². The lowest BCUT2D eigenvalue weighted by molar-refractivity contribution is -0.156. The summed E-state index contributed by atoms with van der Waals surface area (Å²) in [6.07, 6.45) is -5.69. The highest BCUT2D eigenvalue weighted by Crippen LogP contribution is 2.19. The van der Waals surface area contributed by atoms with E-state index in [-0.39, 0.29) is 6.42 Å². The zero-order valence-electron chi connectivity index (χ0n) is 8.10. The molecule has 0 aromatic carbocycles. The number of nitrogens with one attached hydrogen (secondary N) is 1. The van der Waals surface area contributed by atoms with E-state index in [1.165, 1.54) is 0 Å². The van der Waals surface area contributed by atoms with Gasteiger partial charge in [0.2, 0.25) is 5.91 Å². The Hall–Kier alpha value is -1.27. The van der Waals surface area contributed by atoms with E-state index in [0.29, 0.717) is 6.42 Å². The van der Waals surface area contributed by atoms with Crippen molar-refractivity contribution in [1.29, 1.82) is 0 Å². The van der Waals surface area contributed by atoms with Crippen molar-refractivity contribution >= 4 is 11.9 Å². The summed E-state index contributed by atoms with van der Waals surface area (Å²) in [5.41, 5.74) is 0. The molecule has 0 aliphatic carbocycles. The molecule has 2 N–H and O–H groups in total. The fourth-order valence-electron chi connectivity index (χ4n) is 0.973. The predicted octanol–water partition coefficient (Wildman–Crippen LogP) is 1.31. The molecule has 0 rings (SSSR count). The number of amides is 1. The molecule has 1 amide bonds. The molecule has 1 atom stereocenters. The van der Waals surface area contributed by atoms with E-state index < -0.39 is 30.5 Å². The number of hydrogen-bond donors (Lipinski definition) is 2. The molecular formula is C8H12F3NO3. The number of rotatable bonds is 5. The van der Waals surface area contributed by atoms with Crippen LogP contribution in [0.1, 0.15) is 26.2 Å². The lowest BCUT2D eigenvalue weighted by atomic mass is 10.1. The summed E-state index contributed by atoms with van der Waals surface area (Å²) in [4.78, 5) is 21.2. The van der Waals surface area contributed by atoms with Gasteiger partial charge in [0.25, 0.3) is 0 Å². The van der Waals surface area contributed by atoms with E-state index >= 15 is 0 Å². The predicted molar refractivity (Wildman–Crippen MR) is 45.1 cm³/mol. The maximum atomic E-state index is 11.7. The summed E-state index contributed by atoms with van der Waals surface area (Å²) < 4.78 is 35.2. The van der Waals surface area contributed by atoms with Crippen LogP contribution in [-0.4, -0.2) is 29.2 Å². The van der Waals surface area contributed by atoms with E-state index in [0.717, 1.165) is 0 Å². The Morgan fingerprint density at radius 3 is 2.27 bits per heavy atom. The molecule has 0 heterocycles. The summed E-state index contributed by atoms with van der Waals surface area (Å²) in [6, 6.07) is -1.25. The number of alkyl halides is 3. The zero-order chi connectivity index (χ0) is 12.1. The Balaban J connectivity index is 4.18. The summed E-state index contributed by atoms with van der Waals surface area (Å²) in [5, 5.41) is 10.4. The Bertz CT molecular complexity index is 240. The molecule has 0 fully saturated rings. The van der Waals surface area contributed by atoms with Crippen LogP contribution >= 0.6 is 0 Å². The van der Waals surface area contributed by atoms with Crippen molar-refractivity contribution in [3.05, 3.63) is 0 Å². The topological polar surface area (TPSA) is 66.4 Å². The van der Waals surface area contributed by atoms with Crippen LogP contribution in [0.3, 0.4) is 0 Å². The Kier molecular flexibility index (Phi) is 5.10. The largest absolute Gasteiger partial charge is 0.480 e. The third kappa shape index (κ3) is 6.75. The summed E-state index contributed by atoms with van der Waals surface area (Å²) in [5.74, 6) is -2.64. The highest BCUT2D eigenvalue weighted by atomic mass is 19.4. The average Bonchev–Trinajstić information content (AvgIpc) is 1.99. The normalized spacial score (nSPS) is 13.3. The van der Waals surface area contributed by atoms with Crippen LogP contribution in [0.25, 0.3) is 0 Å². The molecule has 0 saturated carbocycles. The minimum absolute atomic E-state index is 0.110. The SMILES string of the molecule is CCC[C@H](NC(=O)CC(F)(F)F)C(=O)O. The minimum Gasteiger partial charge on any atom is -0.480 e. The second-order valence-corrected chi connectivity index (χ2v) is 3.04. The molecule has 0 aliphatic heterocycles. The Labute approximate surface area is 84.5 Å². The molecule has 0 aliphatic rings. The first-order valence-corrected chi connectivity index (χ1v) is 4.35. The van der Waals surface area contributed by atoms with Crippen molar-refractivity contribution in [2.75, 3.05) is 0 Å². The molecule has 0 unspecified atom stereocenters. The first kappa shape index (κ1) is 13.7.